The maximum atomic E-state index is 13.3. The van der Waals surface area contributed by atoms with E-state index >= 15 is 0 Å². The number of benzene rings is 1. The predicted molar refractivity (Wildman–Crippen MR) is 148 cm³/mol. The number of rotatable bonds is 10. The normalized spacial score (nSPS) is 17.4. The minimum atomic E-state index is -0.0661. The summed E-state index contributed by atoms with van der Waals surface area (Å²) in [4.78, 5) is 19.9. The molecule has 2 aliphatic rings. The zero-order valence-electron chi connectivity index (χ0n) is 22.1. The first-order valence-corrected chi connectivity index (χ1v) is 14.0. The average Bonchev–Trinajstić information content (AvgIpc) is 3.31. The molecule has 196 valence electrons. The molecular formula is C30H40N6O. The number of nitrogens with one attached hydrogen (secondary N) is 2. The molecule has 1 saturated heterocycles. The van der Waals surface area contributed by atoms with Crippen molar-refractivity contribution in [3.8, 4) is 0 Å². The first-order valence-electron chi connectivity index (χ1n) is 14.0. The minimum absolute atomic E-state index is 0.0661. The minimum Gasteiger partial charge on any atom is -0.372 e. The molecule has 1 amide bonds. The quantitative estimate of drug-likeness (QED) is 0.434. The number of fused-ring (bicyclic) bond motifs is 1. The van der Waals surface area contributed by atoms with Crippen LogP contribution in [0.25, 0.3) is 0 Å². The topological polar surface area (TPSA) is 75.1 Å². The Bertz CT molecular complexity index is 1150. The largest absolute Gasteiger partial charge is 0.372 e. The highest BCUT2D eigenvalue weighted by molar-refractivity contribution is 5.94. The van der Waals surface area contributed by atoms with Gasteiger partial charge in [0.05, 0.1) is 0 Å². The van der Waals surface area contributed by atoms with Gasteiger partial charge in [-0.25, -0.2) is 0 Å². The van der Waals surface area contributed by atoms with Crippen LogP contribution < -0.4 is 15.5 Å². The Morgan fingerprint density at radius 3 is 2.57 bits per heavy atom. The zero-order valence-corrected chi connectivity index (χ0v) is 22.1. The highest BCUT2D eigenvalue weighted by atomic mass is 16.1. The Balaban J connectivity index is 1.20. The summed E-state index contributed by atoms with van der Waals surface area (Å²) in [5.41, 5.74) is 6.66. The van der Waals surface area contributed by atoms with E-state index in [9.17, 15) is 4.79 Å². The lowest BCUT2D eigenvalue weighted by molar-refractivity contribution is 0.0944. The lowest BCUT2D eigenvalue weighted by Crippen LogP contribution is -2.36. The van der Waals surface area contributed by atoms with Crippen molar-refractivity contribution in [2.75, 3.05) is 24.5 Å². The molecule has 5 rings (SSSR count). The van der Waals surface area contributed by atoms with Crippen LogP contribution in [-0.4, -0.2) is 46.3 Å². The summed E-state index contributed by atoms with van der Waals surface area (Å²) >= 11 is 0. The van der Waals surface area contributed by atoms with E-state index in [0.717, 1.165) is 69.4 Å². The molecule has 1 aromatic carbocycles. The number of aryl methyl sites for hydroxylation is 1. The van der Waals surface area contributed by atoms with Crippen LogP contribution in [0.2, 0.25) is 0 Å². The molecule has 7 heteroatoms. The summed E-state index contributed by atoms with van der Waals surface area (Å²) < 4.78 is 2.07. The highest BCUT2D eigenvalue weighted by Crippen LogP contribution is 2.26. The molecule has 1 unspecified atom stereocenters. The Labute approximate surface area is 220 Å². The summed E-state index contributed by atoms with van der Waals surface area (Å²) in [6, 6.07) is 13.1. The SMILES string of the molecule is CCCn1nc(C(=O)NCc2ccc(N3CCCCC3)cc2)c2c1CCC(NCCc1ccncc1)C2. The Morgan fingerprint density at radius 2 is 1.81 bits per heavy atom. The molecule has 2 N–H and O–H groups in total. The molecule has 7 nitrogen and oxygen atoms in total. The van der Waals surface area contributed by atoms with Crippen LogP contribution in [0, 0.1) is 0 Å². The van der Waals surface area contributed by atoms with Crippen molar-refractivity contribution in [3.63, 3.8) is 0 Å². The van der Waals surface area contributed by atoms with E-state index in [4.69, 9.17) is 5.10 Å². The molecule has 0 spiro atoms. The third-order valence-electron chi connectivity index (χ3n) is 7.70. The van der Waals surface area contributed by atoms with E-state index < -0.39 is 0 Å². The van der Waals surface area contributed by atoms with Gasteiger partial charge < -0.3 is 15.5 Å². The van der Waals surface area contributed by atoms with Gasteiger partial charge in [0.1, 0.15) is 0 Å². The molecule has 37 heavy (non-hydrogen) atoms. The van der Waals surface area contributed by atoms with Crippen LogP contribution in [0.4, 0.5) is 5.69 Å². The van der Waals surface area contributed by atoms with Crippen molar-refractivity contribution in [1.29, 1.82) is 0 Å². The van der Waals surface area contributed by atoms with Crippen LogP contribution in [-0.2, 0) is 32.4 Å². The highest BCUT2D eigenvalue weighted by Gasteiger charge is 2.28. The van der Waals surface area contributed by atoms with Crippen molar-refractivity contribution >= 4 is 11.6 Å². The molecule has 3 aromatic rings. The second-order valence-corrected chi connectivity index (χ2v) is 10.4. The Morgan fingerprint density at radius 1 is 1.03 bits per heavy atom. The second-order valence-electron chi connectivity index (χ2n) is 10.4. The molecule has 0 bridgehead atoms. The molecule has 0 radical (unpaired) electrons. The van der Waals surface area contributed by atoms with Crippen LogP contribution in [0.3, 0.4) is 0 Å². The number of carbonyl (C=O) groups excluding carboxylic acids is 1. The summed E-state index contributed by atoms with van der Waals surface area (Å²) in [5, 5.41) is 11.7. The molecule has 0 saturated carbocycles. The van der Waals surface area contributed by atoms with Crippen LogP contribution in [0.1, 0.15) is 71.9 Å². The maximum absolute atomic E-state index is 13.3. The van der Waals surface area contributed by atoms with E-state index in [-0.39, 0.29) is 5.91 Å². The first kappa shape index (κ1) is 25.5. The zero-order chi connectivity index (χ0) is 25.5. The number of anilines is 1. The molecule has 1 atom stereocenters. The van der Waals surface area contributed by atoms with E-state index in [2.05, 4.69) is 68.5 Å². The fourth-order valence-electron chi connectivity index (χ4n) is 5.65. The lowest BCUT2D eigenvalue weighted by Gasteiger charge is -2.28. The summed E-state index contributed by atoms with van der Waals surface area (Å²) in [5.74, 6) is -0.0661. The fraction of sp³-hybridized carbons (Fsp3) is 0.500. The Kier molecular flexibility index (Phi) is 8.51. The maximum Gasteiger partial charge on any atom is 0.272 e. The van der Waals surface area contributed by atoms with Crippen molar-refractivity contribution in [2.24, 2.45) is 0 Å². The number of hydrogen-bond acceptors (Lipinski definition) is 5. The average molecular weight is 501 g/mol. The Hall–Kier alpha value is -3.19. The molecular weight excluding hydrogens is 460 g/mol. The number of aromatic nitrogens is 3. The van der Waals surface area contributed by atoms with Crippen LogP contribution in [0.5, 0.6) is 0 Å². The van der Waals surface area contributed by atoms with Gasteiger partial charge in [-0.15, -0.1) is 0 Å². The molecule has 3 heterocycles. The van der Waals surface area contributed by atoms with Gasteiger partial charge in [-0.2, -0.15) is 5.10 Å². The van der Waals surface area contributed by atoms with Gasteiger partial charge >= 0.3 is 0 Å². The summed E-state index contributed by atoms with van der Waals surface area (Å²) in [7, 11) is 0. The molecule has 1 fully saturated rings. The molecule has 2 aromatic heterocycles. The summed E-state index contributed by atoms with van der Waals surface area (Å²) in [6.07, 6.45) is 12.4. The summed E-state index contributed by atoms with van der Waals surface area (Å²) in [6.45, 7) is 6.73. The number of hydrogen-bond donors (Lipinski definition) is 2. The number of pyridine rings is 1. The van der Waals surface area contributed by atoms with Gasteiger partial charge in [0.15, 0.2) is 5.69 Å². The number of nitrogens with zero attached hydrogens (tertiary/aromatic N) is 4. The molecule has 1 aliphatic heterocycles. The predicted octanol–water partition coefficient (Wildman–Crippen LogP) is 4.30. The number of piperidine rings is 1. The monoisotopic (exact) mass is 500 g/mol. The van der Waals surface area contributed by atoms with Gasteiger partial charge in [-0.05, 0) is 93.3 Å². The van der Waals surface area contributed by atoms with Crippen molar-refractivity contribution in [2.45, 2.75) is 77.4 Å². The van der Waals surface area contributed by atoms with Crippen molar-refractivity contribution in [1.82, 2.24) is 25.4 Å². The van der Waals surface area contributed by atoms with Crippen molar-refractivity contribution in [3.05, 3.63) is 76.9 Å². The second kappa shape index (κ2) is 12.4. The third-order valence-corrected chi connectivity index (χ3v) is 7.70. The fourth-order valence-corrected chi connectivity index (χ4v) is 5.65. The number of amides is 1. The van der Waals surface area contributed by atoms with Gasteiger partial charge in [-0.3, -0.25) is 14.5 Å². The van der Waals surface area contributed by atoms with E-state index in [1.165, 1.54) is 36.2 Å². The van der Waals surface area contributed by atoms with Crippen molar-refractivity contribution < 1.29 is 4.79 Å². The third kappa shape index (κ3) is 6.39. The van der Waals surface area contributed by atoms with E-state index in [1.807, 2.05) is 12.4 Å². The van der Waals surface area contributed by atoms with Crippen LogP contribution >= 0.6 is 0 Å². The van der Waals surface area contributed by atoms with Crippen LogP contribution in [0.15, 0.2) is 48.8 Å². The smallest absolute Gasteiger partial charge is 0.272 e. The van der Waals surface area contributed by atoms with E-state index in [0.29, 0.717) is 18.3 Å². The van der Waals surface area contributed by atoms with Gasteiger partial charge in [-0.1, -0.05) is 19.1 Å². The standard InChI is InChI=1S/C30H40N6O/c1-2-18-36-28-11-8-25(32-17-14-23-12-15-31-16-13-23)21-27(28)29(34-36)30(37)33-22-24-6-9-26(10-7-24)35-19-4-3-5-20-35/h6-7,9-10,12-13,15-16,25,32H,2-5,8,11,14,17-22H2,1H3,(H,33,37). The first-order chi connectivity index (χ1) is 18.2. The lowest BCUT2D eigenvalue weighted by atomic mass is 9.91. The van der Waals surface area contributed by atoms with Gasteiger partial charge in [0.2, 0.25) is 0 Å². The van der Waals surface area contributed by atoms with Gasteiger partial charge in [0, 0.05) is 61.6 Å². The van der Waals surface area contributed by atoms with Gasteiger partial charge in [0.25, 0.3) is 5.91 Å². The number of carbonyl (C=O) groups is 1. The molecule has 1 aliphatic carbocycles. The van der Waals surface area contributed by atoms with E-state index in [1.54, 1.807) is 0 Å².